The predicted molar refractivity (Wildman–Crippen MR) is 60.5 cm³/mol. The number of nitrogens with zero attached hydrogens (tertiary/aromatic N) is 2. The summed E-state index contributed by atoms with van der Waals surface area (Å²) in [4.78, 5) is 0.286. The highest BCUT2D eigenvalue weighted by molar-refractivity contribution is 7.89. The summed E-state index contributed by atoms with van der Waals surface area (Å²) in [7, 11) is -1.64. The molecule has 0 amide bonds. The van der Waals surface area contributed by atoms with E-state index in [-0.39, 0.29) is 4.90 Å². The lowest BCUT2D eigenvalue weighted by Gasteiger charge is -2.25. The van der Waals surface area contributed by atoms with Crippen molar-refractivity contribution in [3.8, 4) is 0 Å². The zero-order valence-electron chi connectivity index (χ0n) is 9.60. The van der Waals surface area contributed by atoms with Gasteiger partial charge in [0.15, 0.2) is 0 Å². The fourth-order valence-electron chi connectivity index (χ4n) is 1.74. The van der Waals surface area contributed by atoms with Crippen molar-refractivity contribution in [2.75, 3.05) is 6.54 Å². The molecule has 0 atom stereocenters. The van der Waals surface area contributed by atoms with E-state index in [4.69, 9.17) is 0 Å². The lowest BCUT2D eigenvalue weighted by Crippen LogP contribution is -2.32. The predicted octanol–water partition coefficient (Wildman–Crippen LogP) is 0.807. The fourth-order valence-corrected chi connectivity index (χ4v) is 3.06. The fraction of sp³-hybridized carbons (Fsp3) is 0.700. The number of aromatic nitrogens is 2. The Kier molecular flexibility index (Phi) is 3.03. The zero-order valence-corrected chi connectivity index (χ0v) is 10.4. The van der Waals surface area contributed by atoms with Gasteiger partial charge in [0.1, 0.15) is 4.90 Å². The van der Waals surface area contributed by atoms with Gasteiger partial charge in [-0.3, -0.25) is 4.68 Å². The van der Waals surface area contributed by atoms with Gasteiger partial charge in [0.05, 0.1) is 11.9 Å². The van der Waals surface area contributed by atoms with E-state index in [1.165, 1.54) is 12.6 Å². The summed E-state index contributed by atoms with van der Waals surface area (Å²) in [6, 6.07) is 0. The molecule has 6 heteroatoms. The van der Waals surface area contributed by atoms with Gasteiger partial charge in [0.2, 0.25) is 10.0 Å². The highest BCUT2D eigenvalue weighted by atomic mass is 32.2. The van der Waals surface area contributed by atoms with Gasteiger partial charge in [-0.05, 0) is 25.7 Å². The first-order valence-electron chi connectivity index (χ1n) is 5.49. The van der Waals surface area contributed by atoms with Crippen molar-refractivity contribution in [3.05, 3.63) is 11.9 Å². The first-order valence-corrected chi connectivity index (χ1v) is 6.97. The molecule has 1 saturated carbocycles. The summed E-state index contributed by atoms with van der Waals surface area (Å²) < 4.78 is 28.1. The standard InChI is InChI=1S/C10H17N3O2S/c1-8-10(7-11-13(8)2)16(14,15)12-6-9-4-3-5-9/h7,9,12H,3-6H2,1-2H3. The molecule has 16 heavy (non-hydrogen) atoms. The summed E-state index contributed by atoms with van der Waals surface area (Å²) in [6.45, 7) is 2.31. The number of aryl methyl sites for hydroxylation is 1. The van der Waals surface area contributed by atoms with Gasteiger partial charge in [-0.15, -0.1) is 0 Å². The number of sulfonamides is 1. The summed E-state index contributed by atoms with van der Waals surface area (Å²) >= 11 is 0. The Balaban J connectivity index is 2.09. The van der Waals surface area contributed by atoms with E-state index in [2.05, 4.69) is 9.82 Å². The van der Waals surface area contributed by atoms with Crippen LogP contribution in [0.2, 0.25) is 0 Å². The van der Waals surface area contributed by atoms with Crippen LogP contribution in [0.3, 0.4) is 0 Å². The maximum atomic E-state index is 11.9. The lowest BCUT2D eigenvalue weighted by molar-refractivity contribution is 0.316. The second-order valence-corrected chi connectivity index (χ2v) is 6.10. The molecule has 0 bridgehead atoms. The molecule has 0 unspecified atom stereocenters. The van der Waals surface area contributed by atoms with Crippen LogP contribution < -0.4 is 4.72 Å². The second-order valence-electron chi connectivity index (χ2n) is 4.37. The lowest BCUT2D eigenvalue weighted by atomic mass is 9.86. The third kappa shape index (κ3) is 2.12. The average molecular weight is 243 g/mol. The van der Waals surface area contributed by atoms with E-state index < -0.39 is 10.0 Å². The van der Waals surface area contributed by atoms with Gasteiger partial charge in [0, 0.05) is 13.6 Å². The van der Waals surface area contributed by atoms with Crippen LogP contribution >= 0.6 is 0 Å². The zero-order chi connectivity index (χ0) is 11.8. The van der Waals surface area contributed by atoms with Crippen LogP contribution in [0, 0.1) is 12.8 Å². The Morgan fingerprint density at radius 3 is 2.69 bits per heavy atom. The number of rotatable bonds is 4. The molecule has 5 nitrogen and oxygen atoms in total. The molecular weight excluding hydrogens is 226 g/mol. The summed E-state index contributed by atoms with van der Waals surface area (Å²) in [5.74, 6) is 0.520. The second kappa shape index (κ2) is 4.18. The summed E-state index contributed by atoms with van der Waals surface area (Å²) in [6.07, 6.45) is 4.89. The molecule has 1 aliphatic rings. The van der Waals surface area contributed by atoms with Crippen LogP contribution in [0.4, 0.5) is 0 Å². The monoisotopic (exact) mass is 243 g/mol. The van der Waals surface area contributed by atoms with Gasteiger partial charge >= 0.3 is 0 Å². The number of hydrogen-bond acceptors (Lipinski definition) is 3. The molecule has 1 fully saturated rings. The first kappa shape index (κ1) is 11.6. The van der Waals surface area contributed by atoms with Crippen molar-refractivity contribution in [1.29, 1.82) is 0 Å². The van der Waals surface area contributed by atoms with Crippen molar-refractivity contribution in [2.45, 2.75) is 31.1 Å². The Hall–Kier alpha value is -0.880. The highest BCUT2D eigenvalue weighted by Gasteiger charge is 2.23. The van der Waals surface area contributed by atoms with Crippen LogP contribution in [0.1, 0.15) is 25.0 Å². The quantitative estimate of drug-likeness (QED) is 0.851. The molecule has 1 N–H and O–H groups in total. The smallest absolute Gasteiger partial charge is 0.243 e. The average Bonchev–Trinajstić information content (AvgIpc) is 2.45. The number of nitrogens with one attached hydrogen (secondary N) is 1. The van der Waals surface area contributed by atoms with Crippen LogP contribution in [0.25, 0.3) is 0 Å². The highest BCUT2D eigenvalue weighted by Crippen LogP contribution is 2.25. The van der Waals surface area contributed by atoms with Crippen molar-refractivity contribution in [2.24, 2.45) is 13.0 Å². The molecule has 1 heterocycles. The van der Waals surface area contributed by atoms with Crippen LogP contribution in [-0.4, -0.2) is 24.7 Å². The van der Waals surface area contributed by atoms with Crippen LogP contribution in [0.15, 0.2) is 11.1 Å². The Morgan fingerprint density at radius 1 is 1.56 bits per heavy atom. The van der Waals surface area contributed by atoms with E-state index in [1.54, 1.807) is 18.7 Å². The van der Waals surface area contributed by atoms with E-state index in [1.807, 2.05) is 0 Å². The molecular formula is C10H17N3O2S. The van der Waals surface area contributed by atoms with Gasteiger partial charge in [-0.2, -0.15) is 5.10 Å². The van der Waals surface area contributed by atoms with E-state index in [0.29, 0.717) is 18.2 Å². The maximum absolute atomic E-state index is 11.9. The minimum atomic E-state index is -3.37. The minimum Gasteiger partial charge on any atom is -0.272 e. The molecule has 0 aliphatic heterocycles. The van der Waals surface area contributed by atoms with Crippen molar-refractivity contribution >= 4 is 10.0 Å². The van der Waals surface area contributed by atoms with Gasteiger partial charge in [-0.1, -0.05) is 6.42 Å². The van der Waals surface area contributed by atoms with Crippen molar-refractivity contribution < 1.29 is 8.42 Å². The van der Waals surface area contributed by atoms with Gasteiger partial charge in [-0.25, -0.2) is 13.1 Å². The van der Waals surface area contributed by atoms with Crippen LogP contribution in [0.5, 0.6) is 0 Å². The molecule has 1 aromatic heterocycles. The topological polar surface area (TPSA) is 64.0 Å². The van der Waals surface area contributed by atoms with E-state index in [9.17, 15) is 8.42 Å². The van der Waals surface area contributed by atoms with E-state index in [0.717, 1.165) is 12.8 Å². The van der Waals surface area contributed by atoms with Crippen LogP contribution in [-0.2, 0) is 17.1 Å². The Bertz CT molecular complexity index is 474. The Labute approximate surface area is 95.9 Å². The molecule has 0 spiro atoms. The molecule has 0 radical (unpaired) electrons. The molecule has 2 rings (SSSR count). The van der Waals surface area contributed by atoms with E-state index >= 15 is 0 Å². The van der Waals surface area contributed by atoms with Crippen molar-refractivity contribution in [3.63, 3.8) is 0 Å². The third-order valence-corrected chi connectivity index (χ3v) is 4.79. The largest absolute Gasteiger partial charge is 0.272 e. The molecule has 90 valence electrons. The summed E-state index contributed by atoms with van der Waals surface area (Å²) in [5, 5.41) is 3.94. The molecule has 1 aliphatic carbocycles. The molecule has 1 aromatic rings. The SMILES string of the molecule is Cc1c(S(=O)(=O)NCC2CCC2)cnn1C. The third-order valence-electron chi connectivity index (χ3n) is 3.27. The summed E-state index contributed by atoms with van der Waals surface area (Å²) in [5.41, 5.74) is 0.668. The molecule has 0 aromatic carbocycles. The maximum Gasteiger partial charge on any atom is 0.243 e. The van der Waals surface area contributed by atoms with Gasteiger partial charge in [0.25, 0.3) is 0 Å². The van der Waals surface area contributed by atoms with Crippen molar-refractivity contribution in [1.82, 2.24) is 14.5 Å². The van der Waals surface area contributed by atoms with Gasteiger partial charge < -0.3 is 0 Å². The first-order chi connectivity index (χ1) is 7.50. The number of hydrogen-bond donors (Lipinski definition) is 1. The normalized spacial score (nSPS) is 17.4. The Morgan fingerprint density at radius 2 is 2.25 bits per heavy atom. The molecule has 0 saturated heterocycles. The minimum absolute atomic E-state index is 0.286.